The first kappa shape index (κ1) is 27.7. The van der Waals surface area contributed by atoms with Gasteiger partial charge in [-0.3, -0.25) is 9.55 Å². The molecular weight excluding hydrogens is 633 g/mol. The molecule has 0 atom stereocenters. The Hall–Kier alpha value is -7.04. The Morgan fingerprint density at radius 2 is 1.06 bits per heavy atom. The number of rotatable bonds is 3. The van der Waals surface area contributed by atoms with Crippen LogP contribution < -0.4 is 0 Å². The number of hydrogen-bond donors (Lipinski definition) is 0. The van der Waals surface area contributed by atoms with Gasteiger partial charge in [-0.25, -0.2) is 4.98 Å². The molecule has 12 rings (SSSR count). The number of aromatic nitrogens is 4. The van der Waals surface area contributed by atoms with Crippen molar-refractivity contribution in [3.63, 3.8) is 0 Å². The van der Waals surface area contributed by atoms with Crippen molar-refractivity contribution in [2.24, 2.45) is 0 Å². The lowest BCUT2D eigenvalue weighted by Crippen LogP contribution is -1.99. The number of fused-ring (bicyclic) bond motifs is 10. The summed E-state index contributed by atoms with van der Waals surface area (Å²) in [5.74, 6) is 0.944. The fourth-order valence-corrected chi connectivity index (χ4v) is 8.86. The lowest BCUT2D eigenvalue weighted by molar-refractivity contribution is 1.10. The Morgan fingerprint density at radius 3 is 1.90 bits per heavy atom. The van der Waals surface area contributed by atoms with Crippen molar-refractivity contribution in [2.75, 3.05) is 0 Å². The minimum Gasteiger partial charge on any atom is -0.309 e. The van der Waals surface area contributed by atoms with Gasteiger partial charge < -0.3 is 4.57 Å². The van der Waals surface area contributed by atoms with Crippen molar-refractivity contribution in [3.05, 3.63) is 170 Å². The molecule has 11 aromatic rings. The third-order valence-electron chi connectivity index (χ3n) is 11.2. The van der Waals surface area contributed by atoms with Gasteiger partial charge in [-0.05, 0) is 93.7 Å². The van der Waals surface area contributed by atoms with Crippen LogP contribution in [0.15, 0.2) is 170 Å². The fraction of sp³-hybridized carbons (Fsp3) is 0. The third-order valence-corrected chi connectivity index (χ3v) is 11.2. The van der Waals surface area contributed by atoms with Crippen LogP contribution in [-0.4, -0.2) is 19.1 Å². The van der Waals surface area contributed by atoms with Gasteiger partial charge in [-0.2, -0.15) is 0 Å². The first-order valence-corrected chi connectivity index (χ1v) is 17.7. The maximum absolute atomic E-state index is 5.24. The Kier molecular flexibility index (Phi) is 5.47. The van der Waals surface area contributed by atoms with Gasteiger partial charge in [0.1, 0.15) is 5.82 Å². The second-order valence-corrected chi connectivity index (χ2v) is 13.8. The van der Waals surface area contributed by atoms with Gasteiger partial charge in [-0.1, -0.05) is 91.0 Å². The topological polar surface area (TPSA) is 35.6 Å². The summed E-state index contributed by atoms with van der Waals surface area (Å²) >= 11 is 0. The van der Waals surface area contributed by atoms with Crippen molar-refractivity contribution in [1.82, 2.24) is 19.1 Å². The first-order chi connectivity index (χ1) is 25.8. The predicted octanol–water partition coefficient (Wildman–Crippen LogP) is 12.3. The number of benzene rings is 7. The highest BCUT2D eigenvalue weighted by Gasteiger charge is 2.25. The van der Waals surface area contributed by atoms with Crippen LogP contribution in [0.2, 0.25) is 0 Å². The lowest BCUT2D eigenvalue weighted by Gasteiger charge is -2.12. The largest absolute Gasteiger partial charge is 0.309 e. The van der Waals surface area contributed by atoms with Crippen molar-refractivity contribution in [2.45, 2.75) is 0 Å². The van der Waals surface area contributed by atoms with Gasteiger partial charge in [0.25, 0.3) is 0 Å². The van der Waals surface area contributed by atoms with E-state index in [1.165, 1.54) is 76.7 Å². The van der Waals surface area contributed by atoms with Gasteiger partial charge in [0.05, 0.1) is 22.1 Å². The molecule has 4 aromatic heterocycles. The highest BCUT2D eigenvalue weighted by atomic mass is 15.1. The predicted molar refractivity (Wildman–Crippen MR) is 216 cm³/mol. The maximum Gasteiger partial charge on any atom is 0.145 e. The SMILES string of the molecule is c1ccc(-n2c3ccccc3c3cc(-c4ccc5c(c4)c4cc6ccccc6cc4n5-c4ncc5c6c(cccc46)-c4ccncc4-5)ccc32)cc1. The first-order valence-electron chi connectivity index (χ1n) is 17.7. The summed E-state index contributed by atoms with van der Waals surface area (Å²) in [6, 6.07) is 55.3. The highest BCUT2D eigenvalue weighted by molar-refractivity contribution is 6.19. The zero-order valence-corrected chi connectivity index (χ0v) is 28.0. The average molecular weight is 661 g/mol. The fourth-order valence-electron chi connectivity index (χ4n) is 8.86. The molecule has 4 nitrogen and oxygen atoms in total. The number of hydrogen-bond acceptors (Lipinski definition) is 2. The Labute approximate surface area is 298 Å². The van der Waals surface area contributed by atoms with Gasteiger partial charge in [0.2, 0.25) is 0 Å². The Balaban J connectivity index is 1.12. The van der Waals surface area contributed by atoms with Gasteiger partial charge in [0.15, 0.2) is 0 Å². The smallest absolute Gasteiger partial charge is 0.145 e. The highest BCUT2D eigenvalue weighted by Crippen LogP contribution is 2.48. The zero-order valence-electron chi connectivity index (χ0n) is 28.0. The number of para-hydroxylation sites is 2. The molecule has 52 heavy (non-hydrogen) atoms. The van der Waals surface area contributed by atoms with E-state index in [2.05, 4.69) is 166 Å². The molecule has 0 unspecified atom stereocenters. The van der Waals surface area contributed by atoms with Crippen LogP contribution in [0.3, 0.4) is 0 Å². The monoisotopic (exact) mass is 660 g/mol. The lowest BCUT2D eigenvalue weighted by atomic mass is 10.00. The molecule has 0 fully saturated rings. The van der Waals surface area contributed by atoms with Crippen molar-refractivity contribution in [3.8, 4) is 44.9 Å². The van der Waals surface area contributed by atoms with E-state index < -0.39 is 0 Å². The molecule has 4 heterocycles. The van der Waals surface area contributed by atoms with E-state index in [0.29, 0.717) is 0 Å². The minimum absolute atomic E-state index is 0.944. The molecule has 0 bridgehead atoms. The van der Waals surface area contributed by atoms with Crippen LogP contribution >= 0.6 is 0 Å². The van der Waals surface area contributed by atoms with Crippen LogP contribution in [0, 0.1) is 0 Å². The van der Waals surface area contributed by atoms with E-state index in [0.717, 1.165) is 33.4 Å². The Bertz CT molecular complexity index is 3260. The molecular formula is C48H28N4. The standard InChI is InChI=1S/C48H28N4/c1-2-11-33(12-3-1)51-43-16-7-6-13-35(43)38-24-31(17-19-44(38)51)32-18-20-45-39(25-32)40-23-29-9-4-5-10-30(29)26-46(40)52(45)48-37-15-8-14-36-34-21-22-49-27-41(34)42(28-50-48)47(36)37/h1-28H. The molecule has 4 heteroatoms. The third kappa shape index (κ3) is 3.70. The normalized spacial score (nSPS) is 12.2. The van der Waals surface area contributed by atoms with E-state index in [4.69, 9.17) is 4.98 Å². The molecule has 240 valence electrons. The summed E-state index contributed by atoms with van der Waals surface area (Å²) in [6.45, 7) is 0. The zero-order chi connectivity index (χ0) is 33.9. The maximum atomic E-state index is 5.24. The van der Waals surface area contributed by atoms with Crippen LogP contribution in [0.1, 0.15) is 0 Å². The van der Waals surface area contributed by atoms with E-state index in [-0.39, 0.29) is 0 Å². The van der Waals surface area contributed by atoms with Crippen LogP contribution in [-0.2, 0) is 0 Å². The summed E-state index contributed by atoms with van der Waals surface area (Å²) in [5, 5.41) is 9.75. The van der Waals surface area contributed by atoms with Crippen molar-refractivity contribution < 1.29 is 0 Å². The molecule has 1 aliphatic rings. The summed E-state index contributed by atoms with van der Waals surface area (Å²) in [4.78, 5) is 9.69. The molecule has 0 aliphatic heterocycles. The number of nitrogens with zero attached hydrogens (tertiary/aromatic N) is 4. The molecule has 1 aliphatic carbocycles. The van der Waals surface area contributed by atoms with E-state index in [1.807, 2.05) is 18.6 Å². The van der Waals surface area contributed by atoms with Crippen LogP contribution in [0.4, 0.5) is 0 Å². The second kappa shape index (κ2) is 10.3. The quantitative estimate of drug-likeness (QED) is 0.189. The van der Waals surface area contributed by atoms with Gasteiger partial charge >= 0.3 is 0 Å². The molecule has 7 aromatic carbocycles. The van der Waals surface area contributed by atoms with E-state index >= 15 is 0 Å². The molecule has 0 N–H and O–H groups in total. The summed E-state index contributed by atoms with van der Waals surface area (Å²) in [6.07, 6.45) is 5.89. The van der Waals surface area contributed by atoms with Crippen LogP contribution in [0.25, 0.3) is 110 Å². The molecule has 0 amide bonds. The van der Waals surface area contributed by atoms with Crippen LogP contribution in [0.5, 0.6) is 0 Å². The van der Waals surface area contributed by atoms with E-state index in [9.17, 15) is 0 Å². The van der Waals surface area contributed by atoms with E-state index in [1.54, 1.807) is 0 Å². The molecule has 0 spiro atoms. The molecule has 0 saturated heterocycles. The van der Waals surface area contributed by atoms with Crippen molar-refractivity contribution in [1.29, 1.82) is 0 Å². The second-order valence-electron chi connectivity index (χ2n) is 13.8. The molecule has 0 radical (unpaired) electrons. The molecule has 0 saturated carbocycles. The number of pyridine rings is 2. The minimum atomic E-state index is 0.944. The summed E-state index contributed by atoms with van der Waals surface area (Å²) in [5.41, 5.74) is 13.0. The average Bonchev–Trinajstić information content (AvgIpc) is 3.83. The van der Waals surface area contributed by atoms with Gasteiger partial charge in [-0.15, -0.1) is 0 Å². The van der Waals surface area contributed by atoms with Gasteiger partial charge in [0, 0.05) is 67.7 Å². The Morgan fingerprint density at radius 1 is 0.385 bits per heavy atom. The summed E-state index contributed by atoms with van der Waals surface area (Å²) < 4.78 is 4.75. The van der Waals surface area contributed by atoms with Crippen molar-refractivity contribution >= 4 is 65.2 Å². The summed E-state index contributed by atoms with van der Waals surface area (Å²) in [7, 11) is 0.